The molecule has 4 nitrogen and oxygen atoms in total. The number of hydrogen-bond acceptors (Lipinski definition) is 3. The number of benzene rings is 2. The highest BCUT2D eigenvalue weighted by Crippen LogP contribution is 2.34. The summed E-state index contributed by atoms with van der Waals surface area (Å²) in [5, 5.41) is 8.99. The van der Waals surface area contributed by atoms with E-state index >= 15 is 0 Å². The van der Waals surface area contributed by atoms with E-state index in [1.165, 1.54) is 5.56 Å². The van der Waals surface area contributed by atoms with Crippen LogP contribution in [0.2, 0.25) is 0 Å². The van der Waals surface area contributed by atoms with Crippen LogP contribution in [0.3, 0.4) is 0 Å². The average molecular weight is 482 g/mol. The zero-order chi connectivity index (χ0) is 25.6. The monoisotopic (exact) mass is 481 g/mol. The van der Waals surface area contributed by atoms with Crippen LogP contribution in [0.1, 0.15) is 92.3 Å². The van der Waals surface area contributed by atoms with Gasteiger partial charge in [0.1, 0.15) is 0 Å². The van der Waals surface area contributed by atoms with Crippen LogP contribution in [-0.4, -0.2) is 28.9 Å². The highest BCUT2D eigenvalue weighted by molar-refractivity contribution is 5.94. The summed E-state index contributed by atoms with van der Waals surface area (Å²) < 4.78 is 27.5. The molecule has 35 heavy (non-hydrogen) atoms. The lowest BCUT2D eigenvalue weighted by molar-refractivity contribution is -0.0224. The molecule has 1 aliphatic rings. The third-order valence-electron chi connectivity index (χ3n) is 7.55. The standard InChI is InChI=1S/C29H37F2N3O/c1-4-20(3)34(28(35)25-14-12-24(13-15-25)27(5-2)29(30,31)33)26-16-10-22(11-17-26)18-21-6-8-23(19-32)9-7-21/h6-9,12-15,20,22,26-27H,4-5,10-11,16-18,33H2,1-3H3. The number of alkyl halides is 2. The zero-order valence-corrected chi connectivity index (χ0v) is 21.0. The lowest BCUT2D eigenvalue weighted by Gasteiger charge is -2.40. The van der Waals surface area contributed by atoms with Gasteiger partial charge in [0.15, 0.2) is 0 Å². The van der Waals surface area contributed by atoms with E-state index in [1.807, 2.05) is 29.2 Å². The summed E-state index contributed by atoms with van der Waals surface area (Å²) in [4.78, 5) is 15.6. The van der Waals surface area contributed by atoms with Crippen molar-refractivity contribution in [2.24, 2.45) is 11.7 Å². The van der Waals surface area contributed by atoms with Gasteiger partial charge in [-0.3, -0.25) is 10.5 Å². The van der Waals surface area contributed by atoms with E-state index in [0.29, 0.717) is 22.6 Å². The van der Waals surface area contributed by atoms with E-state index in [9.17, 15) is 13.6 Å². The number of nitrogens with two attached hydrogens (primary N) is 1. The first-order valence-electron chi connectivity index (χ1n) is 12.8. The Kier molecular flexibility index (Phi) is 9.02. The van der Waals surface area contributed by atoms with Crippen molar-refractivity contribution in [1.82, 2.24) is 4.90 Å². The van der Waals surface area contributed by atoms with Crippen LogP contribution in [0.4, 0.5) is 8.78 Å². The van der Waals surface area contributed by atoms with Gasteiger partial charge in [0.2, 0.25) is 0 Å². The van der Waals surface area contributed by atoms with Gasteiger partial charge in [-0.25, -0.2) is 0 Å². The molecule has 188 valence electrons. The highest BCUT2D eigenvalue weighted by Gasteiger charge is 2.35. The molecule has 2 aromatic carbocycles. The smallest absolute Gasteiger partial charge is 0.306 e. The molecular formula is C29H37F2N3O. The van der Waals surface area contributed by atoms with Crippen molar-refractivity contribution < 1.29 is 13.6 Å². The fourth-order valence-electron chi connectivity index (χ4n) is 5.34. The van der Waals surface area contributed by atoms with E-state index < -0.39 is 12.0 Å². The Labute approximate surface area is 208 Å². The van der Waals surface area contributed by atoms with Gasteiger partial charge in [-0.2, -0.15) is 14.0 Å². The van der Waals surface area contributed by atoms with Crippen molar-refractivity contribution in [3.05, 3.63) is 70.8 Å². The van der Waals surface area contributed by atoms with E-state index in [-0.39, 0.29) is 24.4 Å². The van der Waals surface area contributed by atoms with Gasteiger partial charge in [0.05, 0.1) is 17.6 Å². The molecule has 0 bridgehead atoms. The molecule has 0 saturated heterocycles. The first-order chi connectivity index (χ1) is 16.7. The summed E-state index contributed by atoms with van der Waals surface area (Å²) >= 11 is 0. The van der Waals surface area contributed by atoms with Crippen LogP contribution < -0.4 is 5.73 Å². The van der Waals surface area contributed by atoms with Crippen molar-refractivity contribution in [1.29, 1.82) is 5.26 Å². The number of carbonyl (C=O) groups is 1. The van der Waals surface area contributed by atoms with Crippen LogP contribution in [-0.2, 0) is 6.42 Å². The molecule has 2 atom stereocenters. The molecule has 0 radical (unpaired) electrons. The molecule has 1 saturated carbocycles. The predicted octanol–water partition coefficient (Wildman–Crippen LogP) is 6.65. The van der Waals surface area contributed by atoms with E-state index in [0.717, 1.165) is 38.5 Å². The minimum Gasteiger partial charge on any atom is -0.333 e. The Morgan fingerprint density at radius 3 is 2.14 bits per heavy atom. The number of amides is 1. The molecule has 0 aliphatic heterocycles. The Morgan fingerprint density at radius 1 is 1.06 bits per heavy atom. The summed E-state index contributed by atoms with van der Waals surface area (Å²) in [5.41, 5.74) is 7.98. The van der Waals surface area contributed by atoms with Gasteiger partial charge < -0.3 is 4.90 Å². The Balaban J connectivity index is 1.68. The molecular weight excluding hydrogens is 444 g/mol. The molecule has 1 fully saturated rings. The van der Waals surface area contributed by atoms with Crippen molar-refractivity contribution >= 4 is 5.91 Å². The third kappa shape index (κ3) is 6.67. The fraction of sp³-hybridized carbons (Fsp3) is 0.517. The average Bonchev–Trinajstić information content (AvgIpc) is 2.85. The van der Waals surface area contributed by atoms with Crippen LogP contribution in [0.15, 0.2) is 48.5 Å². The van der Waals surface area contributed by atoms with E-state index in [1.54, 1.807) is 31.2 Å². The number of carbonyl (C=O) groups excluding carboxylic acids is 1. The summed E-state index contributed by atoms with van der Waals surface area (Å²) in [5.74, 6) is -0.533. The maximum Gasteiger partial charge on any atom is 0.306 e. The second kappa shape index (κ2) is 11.8. The molecule has 0 heterocycles. The zero-order valence-electron chi connectivity index (χ0n) is 21.0. The SMILES string of the molecule is CCC(C)N(C(=O)c1ccc(C(CC)C(N)(F)F)cc1)C1CCC(Cc2ccc(C#N)cc2)CC1. The Hall–Kier alpha value is -2.78. The Bertz CT molecular complexity index is 1000. The van der Waals surface area contributed by atoms with Gasteiger partial charge in [0.25, 0.3) is 5.91 Å². The topological polar surface area (TPSA) is 70.1 Å². The summed E-state index contributed by atoms with van der Waals surface area (Å²) in [6, 6.07) is 13.5. The molecule has 0 spiro atoms. The fourth-order valence-corrected chi connectivity index (χ4v) is 5.34. The number of hydrogen-bond donors (Lipinski definition) is 1. The lowest BCUT2D eigenvalue weighted by Crippen LogP contribution is -2.47. The molecule has 3 rings (SSSR count). The summed E-state index contributed by atoms with van der Waals surface area (Å²) in [6.07, 6.45) is 6.06. The summed E-state index contributed by atoms with van der Waals surface area (Å²) in [7, 11) is 0. The van der Waals surface area contributed by atoms with Crippen molar-refractivity contribution in [2.45, 2.75) is 89.8 Å². The van der Waals surface area contributed by atoms with Crippen LogP contribution in [0.25, 0.3) is 0 Å². The third-order valence-corrected chi connectivity index (χ3v) is 7.55. The molecule has 2 aromatic rings. The van der Waals surface area contributed by atoms with Crippen molar-refractivity contribution in [3.8, 4) is 6.07 Å². The van der Waals surface area contributed by atoms with Crippen LogP contribution in [0, 0.1) is 17.2 Å². The molecule has 6 heteroatoms. The predicted molar refractivity (Wildman–Crippen MR) is 135 cm³/mol. The van der Waals surface area contributed by atoms with Crippen molar-refractivity contribution in [3.63, 3.8) is 0 Å². The van der Waals surface area contributed by atoms with Gasteiger partial charge in [0, 0.05) is 17.6 Å². The summed E-state index contributed by atoms with van der Waals surface area (Å²) in [6.45, 7) is 5.85. The van der Waals surface area contributed by atoms with Crippen LogP contribution in [0.5, 0.6) is 0 Å². The van der Waals surface area contributed by atoms with Crippen molar-refractivity contribution in [2.75, 3.05) is 0 Å². The first kappa shape index (κ1) is 26.8. The minimum absolute atomic E-state index is 0.0333. The van der Waals surface area contributed by atoms with E-state index in [4.69, 9.17) is 11.0 Å². The maximum atomic E-state index is 13.7. The largest absolute Gasteiger partial charge is 0.333 e. The van der Waals surface area contributed by atoms with Gasteiger partial charge in [-0.05, 0) is 93.2 Å². The second-order valence-electron chi connectivity index (χ2n) is 9.91. The molecule has 1 aliphatic carbocycles. The number of rotatable bonds is 9. The number of halogens is 2. The van der Waals surface area contributed by atoms with Gasteiger partial charge in [-0.15, -0.1) is 0 Å². The lowest BCUT2D eigenvalue weighted by atomic mass is 9.81. The quantitative estimate of drug-likeness (QED) is 0.408. The normalized spacial score (nSPS) is 20.0. The highest BCUT2D eigenvalue weighted by atomic mass is 19.3. The number of nitriles is 1. The van der Waals surface area contributed by atoms with E-state index in [2.05, 4.69) is 19.9 Å². The molecule has 1 amide bonds. The molecule has 2 unspecified atom stereocenters. The number of nitrogens with zero attached hydrogens (tertiary/aromatic N) is 2. The maximum absolute atomic E-state index is 13.7. The second-order valence-corrected chi connectivity index (χ2v) is 9.91. The molecule has 0 aromatic heterocycles. The minimum atomic E-state index is -3.29. The van der Waals surface area contributed by atoms with Gasteiger partial charge in [-0.1, -0.05) is 38.1 Å². The Morgan fingerprint density at radius 2 is 1.66 bits per heavy atom. The molecule has 2 N–H and O–H groups in total. The first-order valence-corrected chi connectivity index (χ1v) is 12.8. The van der Waals surface area contributed by atoms with Crippen LogP contribution >= 0.6 is 0 Å². The van der Waals surface area contributed by atoms with Gasteiger partial charge >= 0.3 is 6.05 Å².